The molecule has 2 aliphatic rings. The molecule has 2 fully saturated rings. The number of rotatable bonds is 5. The molecule has 1 heterocycles. The third-order valence-corrected chi connectivity index (χ3v) is 5.56. The number of carbonyl (C=O) groups is 2. The highest BCUT2D eigenvalue weighted by molar-refractivity contribution is 5.88. The van der Waals surface area contributed by atoms with Gasteiger partial charge in [0, 0.05) is 25.2 Å². The van der Waals surface area contributed by atoms with Gasteiger partial charge in [0.05, 0.1) is 13.2 Å². The minimum atomic E-state index is -0.761. The maximum atomic E-state index is 12.2. The fourth-order valence-electron chi connectivity index (χ4n) is 3.95. The first-order valence-electron chi connectivity index (χ1n) is 9.03. The van der Waals surface area contributed by atoms with Gasteiger partial charge >= 0.3 is 0 Å². The van der Waals surface area contributed by atoms with Crippen molar-refractivity contribution in [1.82, 2.24) is 4.90 Å². The van der Waals surface area contributed by atoms with Crippen LogP contribution in [0.25, 0.3) is 0 Å². The maximum Gasteiger partial charge on any atom is 0.243 e. The second kappa shape index (κ2) is 7.44. The maximum absolute atomic E-state index is 12.2. The zero-order chi connectivity index (χ0) is 17.9. The number of amides is 1. The number of nitrogens with zero attached hydrogens (tertiary/aromatic N) is 1. The Labute approximate surface area is 148 Å². The van der Waals surface area contributed by atoms with E-state index >= 15 is 0 Å². The van der Waals surface area contributed by atoms with Gasteiger partial charge in [-0.2, -0.15) is 0 Å². The summed E-state index contributed by atoms with van der Waals surface area (Å²) >= 11 is 0. The lowest BCUT2D eigenvalue weighted by Crippen LogP contribution is -2.59. The van der Waals surface area contributed by atoms with Crippen LogP contribution in [0.4, 0.5) is 5.69 Å². The first-order valence-corrected chi connectivity index (χ1v) is 9.03. The summed E-state index contributed by atoms with van der Waals surface area (Å²) in [5, 5.41) is 3.34. The van der Waals surface area contributed by atoms with Crippen molar-refractivity contribution in [2.24, 2.45) is 5.73 Å². The van der Waals surface area contributed by atoms with Crippen LogP contribution >= 0.6 is 0 Å². The van der Waals surface area contributed by atoms with Gasteiger partial charge in [0.1, 0.15) is 17.1 Å². The number of carbonyl (C=O) groups excluding carboxylic acids is 2. The van der Waals surface area contributed by atoms with Crippen LogP contribution in [0.5, 0.6) is 5.75 Å². The number of hydrogen-bond acceptors (Lipinski definition) is 5. The van der Waals surface area contributed by atoms with E-state index in [9.17, 15) is 9.59 Å². The molecular formula is C19H27N3O3. The standard InChI is InChI=1S/C19H27N3O3/c1-25-15-8-6-14(7-9-15)21-19(18(20)24)10-12-22(13-11-19)16-4-2-3-5-17(16)23/h6-9,16,21H,2-5,10-13H2,1H3,(H2,20,24). The van der Waals surface area contributed by atoms with E-state index in [-0.39, 0.29) is 11.9 Å². The molecule has 1 atom stereocenters. The Balaban J connectivity index is 1.68. The van der Waals surface area contributed by atoms with Crippen molar-refractivity contribution in [1.29, 1.82) is 0 Å². The number of ether oxygens (including phenoxy) is 1. The summed E-state index contributed by atoms with van der Waals surface area (Å²) < 4.78 is 5.17. The Morgan fingerprint density at radius 2 is 1.92 bits per heavy atom. The zero-order valence-corrected chi connectivity index (χ0v) is 14.8. The van der Waals surface area contributed by atoms with Gasteiger partial charge < -0.3 is 15.8 Å². The highest BCUT2D eigenvalue weighted by Gasteiger charge is 2.42. The van der Waals surface area contributed by atoms with Gasteiger partial charge in [-0.05, 0) is 49.9 Å². The van der Waals surface area contributed by atoms with Gasteiger partial charge in [-0.25, -0.2) is 0 Å². The molecule has 1 saturated carbocycles. The molecule has 1 unspecified atom stereocenters. The average Bonchev–Trinajstić information content (AvgIpc) is 2.63. The molecule has 3 rings (SSSR count). The molecule has 1 aromatic carbocycles. The highest BCUT2D eigenvalue weighted by Crippen LogP contribution is 2.31. The van der Waals surface area contributed by atoms with E-state index < -0.39 is 5.54 Å². The molecule has 1 amide bonds. The summed E-state index contributed by atoms with van der Waals surface area (Å²) in [6.45, 7) is 1.42. The molecule has 1 aliphatic carbocycles. The first kappa shape index (κ1) is 17.7. The van der Waals surface area contributed by atoms with Gasteiger partial charge in [-0.15, -0.1) is 0 Å². The van der Waals surface area contributed by atoms with Crippen molar-refractivity contribution >= 4 is 17.4 Å². The summed E-state index contributed by atoms with van der Waals surface area (Å²) in [5.74, 6) is 0.781. The number of hydrogen-bond donors (Lipinski definition) is 2. The van der Waals surface area contributed by atoms with Crippen molar-refractivity contribution < 1.29 is 14.3 Å². The van der Waals surface area contributed by atoms with Gasteiger partial charge in [0.2, 0.25) is 5.91 Å². The number of likely N-dealkylation sites (tertiary alicyclic amines) is 1. The molecule has 1 aliphatic heterocycles. The van der Waals surface area contributed by atoms with Crippen LogP contribution in [-0.4, -0.2) is 48.4 Å². The predicted molar refractivity (Wildman–Crippen MR) is 96.6 cm³/mol. The van der Waals surface area contributed by atoms with E-state index in [1.807, 2.05) is 24.3 Å². The number of ketones is 1. The van der Waals surface area contributed by atoms with Crippen LogP contribution in [0.3, 0.4) is 0 Å². The molecule has 6 nitrogen and oxygen atoms in total. The van der Waals surface area contributed by atoms with E-state index in [2.05, 4.69) is 10.2 Å². The summed E-state index contributed by atoms with van der Waals surface area (Å²) in [5.41, 5.74) is 5.83. The van der Waals surface area contributed by atoms with E-state index in [4.69, 9.17) is 10.5 Å². The van der Waals surface area contributed by atoms with Crippen molar-refractivity contribution in [3.05, 3.63) is 24.3 Å². The van der Waals surface area contributed by atoms with Crippen LogP contribution < -0.4 is 15.8 Å². The quantitative estimate of drug-likeness (QED) is 0.852. The second-order valence-electron chi connectivity index (χ2n) is 7.06. The van der Waals surface area contributed by atoms with Crippen LogP contribution in [0.15, 0.2) is 24.3 Å². The van der Waals surface area contributed by atoms with Crippen LogP contribution in [0.2, 0.25) is 0 Å². The smallest absolute Gasteiger partial charge is 0.243 e. The average molecular weight is 345 g/mol. The van der Waals surface area contributed by atoms with Gasteiger partial charge in [-0.3, -0.25) is 14.5 Å². The number of anilines is 1. The molecule has 136 valence electrons. The first-order chi connectivity index (χ1) is 12.0. The number of primary amides is 1. The van der Waals surface area contributed by atoms with Crippen LogP contribution in [-0.2, 0) is 9.59 Å². The molecule has 0 radical (unpaired) electrons. The summed E-state index contributed by atoms with van der Waals surface area (Å²) in [6.07, 6.45) is 4.96. The number of nitrogens with one attached hydrogen (secondary N) is 1. The molecule has 6 heteroatoms. The number of piperidine rings is 1. The van der Waals surface area contributed by atoms with Gasteiger partial charge in [0.25, 0.3) is 0 Å². The van der Waals surface area contributed by atoms with Gasteiger partial charge in [0.15, 0.2) is 0 Å². The Morgan fingerprint density at radius 1 is 1.24 bits per heavy atom. The van der Waals surface area contributed by atoms with E-state index in [0.29, 0.717) is 38.1 Å². The lowest BCUT2D eigenvalue weighted by molar-refractivity contribution is -0.128. The number of methoxy groups -OCH3 is 1. The van der Waals surface area contributed by atoms with Crippen LogP contribution in [0, 0.1) is 0 Å². The Bertz CT molecular complexity index is 621. The summed E-state index contributed by atoms with van der Waals surface area (Å²) in [4.78, 5) is 26.6. The molecular weight excluding hydrogens is 318 g/mol. The van der Waals surface area contributed by atoms with Crippen molar-refractivity contribution in [2.75, 3.05) is 25.5 Å². The van der Waals surface area contributed by atoms with Crippen molar-refractivity contribution in [3.63, 3.8) is 0 Å². The van der Waals surface area contributed by atoms with Crippen molar-refractivity contribution in [2.45, 2.75) is 50.1 Å². The molecule has 3 N–H and O–H groups in total. The fourth-order valence-corrected chi connectivity index (χ4v) is 3.95. The Hall–Kier alpha value is -2.08. The van der Waals surface area contributed by atoms with Gasteiger partial charge in [-0.1, -0.05) is 6.42 Å². The third-order valence-electron chi connectivity index (χ3n) is 5.56. The monoisotopic (exact) mass is 345 g/mol. The van der Waals surface area contributed by atoms with E-state index in [1.54, 1.807) is 7.11 Å². The summed E-state index contributed by atoms with van der Waals surface area (Å²) in [6, 6.07) is 7.52. The number of benzene rings is 1. The third kappa shape index (κ3) is 3.79. The zero-order valence-electron chi connectivity index (χ0n) is 14.8. The van der Waals surface area contributed by atoms with E-state index in [1.165, 1.54) is 0 Å². The minimum Gasteiger partial charge on any atom is -0.497 e. The van der Waals surface area contributed by atoms with Crippen molar-refractivity contribution in [3.8, 4) is 5.75 Å². The largest absolute Gasteiger partial charge is 0.497 e. The number of Topliss-reactive ketones (excluding diaryl/α,β-unsaturated/α-hetero) is 1. The van der Waals surface area contributed by atoms with E-state index in [0.717, 1.165) is 30.7 Å². The molecule has 0 aromatic heterocycles. The second-order valence-corrected chi connectivity index (χ2v) is 7.06. The summed E-state index contributed by atoms with van der Waals surface area (Å²) in [7, 11) is 1.62. The SMILES string of the molecule is COc1ccc(NC2(C(N)=O)CCN(C3CCCCC3=O)CC2)cc1. The normalized spacial score (nSPS) is 23.9. The highest BCUT2D eigenvalue weighted by atomic mass is 16.5. The molecule has 1 aromatic rings. The molecule has 1 saturated heterocycles. The Morgan fingerprint density at radius 3 is 2.48 bits per heavy atom. The van der Waals surface area contributed by atoms with Crippen LogP contribution in [0.1, 0.15) is 38.5 Å². The lowest BCUT2D eigenvalue weighted by Gasteiger charge is -2.43. The number of nitrogens with two attached hydrogens (primary N) is 1. The predicted octanol–water partition coefficient (Wildman–Crippen LogP) is 1.94. The fraction of sp³-hybridized carbons (Fsp3) is 0.579. The molecule has 0 bridgehead atoms. The molecule has 0 spiro atoms. The molecule has 25 heavy (non-hydrogen) atoms. The minimum absolute atomic E-state index is 0.0283. The Kier molecular flexibility index (Phi) is 5.27. The lowest BCUT2D eigenvalue weighted by atomic mass is 9.84. The topological polar surface area (TPSA) is 84.7 Å².